The van der Waals surface area contributed by atoms with Gasteiger partial charge in [-0.2, -0.15) is 0 Å². The maximum atomic E-state index is 5.76. The summed E-state index contributed by atoms with van der Waals surface area (Å²) in [5.41, 5.74) is 5.73. The van der Waals surface area contributed by atoms with E-state index < -0.39 is 0 Å². The van der Waals surface area contributed by atoms with Crippen LogP contribution in [0.4, 0.5) is 11.5 Å². The Bertz CT molecular complexity index is 1190. The SMILES string of the molecule is CCOc1ccc(Nc2ncnc3scc(-c4ccc(C)cc4C)c23)cc1OCC. The van der Waals surface area contributed by atoms with Gasteiger partial charge in [-0.15, -0.1) is 11.3 Å². The van der Waals surface area contributed by atoms with Crippen molar-refractivity contribution in [3.63, 3.8) is 0 Å². The molecule has 6 heteroatoms. The number of aromatic nitrogens is 2. The molecule has 2 aromatic carbocycles. The fourth-order valence-electron chi connectivity index (χ4n) is 3.55. The molecule has 0 unspecified atom stereocenters. The van der Waals surface area contributed by atoms with Crippen LogP contribution in [0.1, 0.15) is 25.0 Å². The Balaban J connectivity index is 1.77. The van der Waals surface area contributed by atoms with Crippen molar-refractivity contribution >= 4 is 33.1 Å². The Morgan fingerprint density at radius 2 is 1.70 bits per heavy atom. The molecule has 30 heavy (non-hydrogen) atoms. The summed E-state index contributed by atoms with van der Waals surface area (Å²) in [7, 11) is 0. The summed E-state index contributed by atoms with van der Waals surface area (Å²) < 4.78 is 11.4. The maximum absolute atomic E-state index is 5.76. The minimum atomic E-state index is 0.572. The number of nitrogens with zero attached hydrogens (tertiary/aromatic N) is 2. The zero-order valence-corrected chi connectivity index (χ0v) is 18.5. The average Bonchev–Trinajstić information content (AvgIpc) is 3.15. The van der Waals surface area contributed by atoms with Gasteiger partial charge in [-0.25, -0.2) is 9.97 Å². The molecule has 154 valence electrons. The van der Waals surface area contributed by atoms with Gasteiger partial charge in [0.15, 0.2) is 11.5 Å². The highest BCUT2D eigenvalue weighted by atomic mass is 32.1. The molecule has 0 fully saturated rings. The van der Waals surface area contributed by atoms with E-state index >= 15 is 0 Å². The molecular weight excluding hydrogens is 394 g/mol. The predicted molar refractivity (Wildman–Crippen MR) is 124 cm³/mol. The second-order valence-corrected chi connectivity index (χ2v) is 7.88. The maximum Gasteiger partial charge on any atom is 0.163 e. The first kappa shape index (κ1) is 20.2. The van der Waals surface area contributed by atoms with E-state index in [1.54, 1.807) is 17.7 Å². The highest BCUT2D eigenvalue weighted by Gasteiger charge is 2.15. The third kappa shape index (κ3) is 3.96. The van der Waals surface area contributed by atoms with E-state index in [4.69, 9.17) is 9.47 Å². The normalized spacial score (nSPS) is 10.9. The molecule has 2 aromatic heterocycles. The number of rotatable bonds is 7. The van der Waals surface area contributed by atoms with Gasteiger partial charge in [-0.1, -0.05) is 23.8 Å². The van der Waals surface area contributed by atoms with E-state index in [9.17, 15) is 0 Å². The smallest absolute Gasteiger partial charge is 0.163 e. The van der Waals surface area contributed by atoms with Crippen LogP contribution in [-0.2, 0) is 0 Å². The van der Waals surface area contributed by atoms with Crippen LogP contribution in [-0.4, -0.2) is 23.2 Å². The second kappa shape index (κ2) is 8.71. The molecule has 0 saturated carbocycles. The molecule has 2 heterocycles. The molecule has 0 spiro atoms. The molecule has 0 atom stereocenters. The summed E-state index contributed by atoms with van der Waals surface area (Å²) in [6.07, 6.45) is 1.60. The first-order valence-corrected chi connectivity index (χ1v) is 10.9. The number of fused-ring (bicyclic) bond motifs is 1. The van der Waals surface area contributed by atoms with Gasteiger partial charge in [0.2, 0.25) is 0 Å². The van der Waals surface area contributed by atoms with Crippen LogP contribution in [0.25, 0.3) is 21.3 Å². The third-order valence-corrected chi connectivity index (χ3v) is 5.73. The minimum absolute atomic E-state index is 0.572. The quantitative estimate of drug-likeness (QED) is 0.370. The number of benzene rings is 2. The summed E-state index contributed by atoms with van der Waals surface area (Å²) in [5, 5.41) is 6.65. The van der Waals surface area contributed by atoms with Crippen LogP contribution in [0.2, 0.25) is 0 Å². The lowest BCUT2D eigenvalue weighted by Crippen LogP contribution is -2.00. The number of hydrogen-bond acceptors (Lipinski definition) is 6. The van der Waals surface area contributed by atoms with Crippen molar-refractivity contribution in [1.29, 1.82) is 0 Å². The van der Waals surface area contributed by atoms with Crippen LogP contribution in [0.5, 0.6) is 11.5 Å². The summed E-state index contributed by atoms with van der Waals surface area (Å²) >= 11 is 1.63. The van der Waals surface area contributed by atoms with E-state index in [2.05, 4.69) is 52.7 Å². The Morgan fingerprint density at radius 3 is 2.47 bits per heavy atom. The molecule has 4 aromatic rings. The van der Waals surface area contributed by atoms with Crippen molar-refractivity contribution in [3.8, 4) is 22.6 Å². The van der Waals surface area contributed by atoms with Crippen molar-refractivity contribution in [1.82, 2.24) is 9.97 Å². The van der Waals surface area contributed by atoms with E-state index in [0.29, 0.717) is 13.2 Å². The standard InChI is InChI=1S/C24H25N3O2S/c1-5-28-20-10-8-17(12-21(20)29-6-2)27-23-22-19(13-30-24(22)26-14-25-23)18-9-7-15(3)11-16(18)4/h7-14H,5-6H2,1-4H3,(H,25,26,27). The number of thiophene rings is 1. The molecule has 1 N–H and O–H groups in total. The van der Waals surface area contributed by atoms with Gasteiger partial charge in [-0.05, 0) is 51.0 Å². The number of hydrogen-bond donors (Lipinski definition) is 1. The van der Waals surface area contributed by atoms with Crippen molar-refractivity contribution < 1.29 is 9.47 Å². The lowest BCUT2D eigenvalue weighted by molar-refractivity contribution is 0.288. The van der Waals surface area contributed by atoms with Gasteiger partial charge in [0.1, 0.15) is 17.0 Å². The number of nitrogens with one attached hydrogen (secondary N) is 1. The second-order valence-electron chi connectivity index (χ2n) is 7.02. The zero-order valence-electron chi connectivity index (χ0n) is 17.7. The first-order chi connectivity index (χ1) is 14.6. The average molecular weight is 420 g/mol. The lowest BCUT2D eigenvalue weighted by Gasteiger charge is -2.14. The largest absolute Gasteiger partial charge is 0.490 e. The highest BCUT2D eigenvalue weighted by Crippen LogP contribution is 2.39. The Kier molecular flexibility index (Phi) is 5.86. The molecule has 0 radical (unpaired) electrons. The highest BCUT2D eigenvalue weighted by molar-refractivity contribution is 7.17. The van der Waals surface area contributed by atoms with E-state index in [0.717, 1.165) is 38.8 Å². The van der Waals surface area contributed by atoms with Gasteiger partial charge >= 0.3 is 0 Å². The molecule has 0 aliphatic carbocycles. The van der Waals surface area contributed by atoms with Gasteiger partial charge < -0.3 is 14.8 Å². The van der Waals surface area contributed by atoms with Crippen LogP contribution >= 0.6 is 11.3 Å². The third-order valence-electron chi connectivity index (χ3n) is 4.85. The number of ether oxygens (including phenoxy) is 2. The van der Waals surface area contributed by atoms with E-state index in [1.165, 1.54) is 16.7 Å². The fourth-order valence-corrected chi connectivity index (χ4v) is 4.46. The predicted octanol–water partition coefficient (Wildman–Crippen LogP) is 6.52. The van der Waals surface area contributed by atoms with Crippen molar-refractivity contribution in [2.45, 2.75) is 27.7 Å². The van der Waals surface area contributed by atoms with E-state index in [-0.39, 0.29) is 0 Å². The molecule has 0 aliphatic heterocycles. The van der Waals surface area contributed by atoms with Crippen LogP contribution < -0.4 is 14.8 Å². The van der Waals surface area contributed by atoms with Crippen molar-refractivity contribution in [2.75, 3.05) is 18.5 Å². The number of anilines is 2. The molecule has 4 rings (SSSR count). The molecule has 5 nitrogen and oxygen atoms in total. The minimum Gasteiger partial charge on any atom is -0.490 e. The molecule has 0 aliphatic rings. The van der Waals surface area contributed by atoms with Crippen LogP contribution in [0.15, 0.2) is 48.1 Å². The van der Waals surface area contributed by atoms with Gasteiger partial charge in [0.05, 0.1) is 18.6 Å². The molecular formula is C24H25N3O2S. The zero-order chi connectivity index (χ0) is 21.1. The van der Waals surface area contributed by atoms with Crippen molar-refractivity contribution in [2.24, 2.45) is 0 Å². The lowest BCUT2D eigenvalue weighted by atomic mass is 9.99. The summed E-state index contributed by atoms with van der Waals surface area (Å²) in [6.45, 7) is 9.34. The summed E-state index contributed by atoms with van der Waals surface area (Å²) in [5.74, 6) is 2.24. The topological polar surface area (TPSA) is 56.3 Å². The summed E-state index contributed by atoms with van der Waals surface area (Å²) in [6, 6.07) is 12.4. The van der Waals surface area contributed by atoms with Crippen molar-refractivity contribution in [3.05, 3.63) is 59.2 Å². The molecule has 0 saturated heterocycles. The molecule has 0 bridgehead atoms. The van der Waals surface area contributed by atoms with Crippen LogP contribution in [0, 0.1) is 13.8 Å². The Morgan fingerprint density at radius 1 is 0.900 bits per heavy atom. The molecule has 0 amide bonds. The number of aryl methyl sites for hydroxylation is 2. The fraction of sp³-hybridized carbons (Fsp3) is 0.250. The van der Waals surface area contributed by atoms with Gasteiger partial charge in [-0.3, -0.25) is 0 Å². The van der Waals surface area contributed by atoms with Gasteiger partial charge in [0, 0.05) is 22.7 Å². The van der Waals surface area contributed by atoms with Gasteiger partial charge in [0.25, 0.3) is 0 Å². The first-order valence-electron chi connectivity index (χ1n) is 10.1. The summed E-state index contributed by atoms with van der Waals surface area (Å²) in [4.78, 5) is 10.00. The Hall–Kier alpha value is -3.12. The monoisotopic (exact) mass is 419 g/mol. The van der Waals surface area contributed by atoms with E-state index in [1.807, 2.05) is 32.0 Å². The van der Waals surface area contributed by atoms with Crippen LogP contribution in [0.3, 0.4) is 0 Å². The Labute approximate surface area is 180 Å².